The summed E-state index contributed by atoms with van der Waals surface area (Å²) < 4.78 is 5.11. The maximum Gasteiger partial charge on any atom is 0.254 e. The highest BCUT2D eigenvalue weighted by molar-refractivity contribution is 6.30. The maximum absolute atomic E-state index is 12.9. The van der Waals surface area contributed by atoms with E-state index in [4.69, 9.17) is 16.3 Å². The third kappa shape index (κ3) is 3.21. The highest BCUT2D eigenvalue weighted by Gasteiger charge is 2.34. The van der Waals surface area contributed by atoms with E-state index in [9.17, 15) is 9.59 Å². The second kappa shape index (κ2) is 6.93. The summed E-state index contributed by atoms with van der Waals surface area (Å²) in [6, 6.07) is 13.2. The molecule has 1 saturated heterocycles. The summed E-state index contributed by atoms with van der Waals surface area (Å²) in [7, 11) is 1.57. The molecule has 2 aromatic carbocycles. The van der Waals surface area contributed by atoms with Gasteiger partial charge < -0.3 is 15.0 Å². The lowest BCUT2D eigenvalue weighted by Crippen LogP contribution is -2.52. The molecule has 1 heterocycles. The van der Waals surface area contributed by atoms with Crippen LogP contribution in [-0.4, -0.2) is 36.9 Å². The van der Waals surface area contributed by atoms with Crippen LogP contribution in [0, 0.1) is 0 Å². The van der Waals surface area contributed by atoms with Crippen molar-refractivity contribution >= 4 is 23.4 Å². The van der Waals surface area contributed by atoms with E-state index in [-0.39, 0.29) is 11.8 Å². The number of carbonyl (C=O) groups excluding carboxylic acids is 2. The van der Waals surface area contributed by atoms with Crippen molar-refractivity contribution in [1.29, 1.82) is 0 Å². The molecule has 2 aromatic rings. The summed E-state index contributed by atoms with van der Waals surface area (Å²) in [5.74, 6) is 0.275. The maximum atomic E-state index is 12.9. The van der Waals surface area contributed by atoms with E-state index >= 15 is 0 Å². The van der Waals surface area contributed by atoms with Crippen LogP contribution < -0.4 is 10.1 Å². The Morgan fingerprint density at radius 3 is 2.67 bits per heavy atom. The van der Waals surface area contributed by atoms with Crippen LogP contribution in [0.25, 0.3) is 0 Å². The molecule has 124 valence electrons. The summed E-state index contributed by atoms with van der Waals surface area (Å²) in [6.07, 6.45) is 0. The quantitative estimate of drug-likeness (QED) is 0.931. The van der Waals surface area contributed by atoms with E-state index in [1.165, 1.54) is 0 Å². The van der Waals surface area contributed by atoms with Crippen LogP contribution in [-0.2, 0) is 4.79 Å². The van der Waals surface area contributed by atoms with Gasteiger partial charge in [-0.05, 0) is 42.0 Å². The Bertz CT molecular complexity index is 761. The SMILES string of the molecule is COc1ccc(C(=O)N2CCNC(=O)C2c2cccc(Cl)c2)cc1. The molecule has 0 aliphatic carbocycles. The zero-order chi connectivity index (χ0) is 17.1. The molecule has 5 nitrogen and oxygen atoms in total. The lowest BCUT2D eigenvalue weighted by molar-refractivity contribution is -0.128. The van der Waals surface area contributed by atoms with E-state index in [1.54, 1.807) is 60.5 Å². The Hall–Kier alpha value is -2.53. The molecule has 0 spiro atoms. The first-order chi connectivity index (χ1) is 11.6. The van der Waals surface area contributed by atoms with E-state index in [1.807, 2.05) is 0 Å². The molecule has 2 amide bonds. The van der Waals surface area contributed by atoms with Gasteiger partial charge in [0.2, 0.25) is 5.91 Å². The Kier molecular flexibility index (Phi) is 4.71. The molecule has 1 aliphatic rings. The molecule has 0 aromatic heterocycles. The predicted octanol–water partition coefficient (Wildman–Crippen LogP) is 2.66. The average Bonchev–Trinajstić information content (AvgIpc) is 2.61. The Labute approximate surface area is 145 Å². The number of piperazine rings is 1. The second-order valence-electron chi connectivity index (χ2n) is 5.48. The Morgan fingerprint density at radius 1 is 1.25 bits per heavy atom. The third-order valence-electron chi connectivity index (χ3n) is 3.97. The molecule has 24 heavy (non-hydrogen) atoms. The number of benzene rings is 2. The first-order valence-electron chi connectivity index (χ1n) is 7.58. The van der Waals surface area contributed by atoms with Gasteiger partial charge in [-0.1, -0.05) is 23.7 Å². The van der Waals surface area contributed by atoms with Crippen molar-refractivity contribution in [2.45, 2.75) is 6.04 Å². The molecule has 1 N–H and O–H groups in total. The van der Waals surface area contributed by atoms with Gasteiger partial charge in [-0.25, -0.2) is 0 Å². The fraction of sp³-hybridized carbons (Fsp3) is 0.222. The lowest BCUT2D eigenvalue weighted by atomic mass is 10.0. The van der Waals surface area contributed by atoms with Gasteiger partial charge in [0.15, 0.2) is 0 Å². The fourth-order valence-electron chi connectivity index (χ4n) is 2.79. The van der Waals surface area contributed by atoms with Crippen LogP contribution in [0.5, 0.6) is 5.75 Å². The number of nitrogens with zero attached hydrogens (tertiary/aromatic N) is 1. The minimum absolute atomic E-state index is 0.197. The zero-order valence-electron chi connectivity index (χ0n) is 13.2. The lowest BCUT2D eigenvalue weighted by Gasteiger charge is -2.35. The van der Waals surface area contributed by atoms with Crippen molar-refractivity contribution in [2.75, 3.05) is 20.2 Å². The molecular formula is C18H17ClN2O3. The monoisotopic (exact) mass is 344 g/mol. The molecule has 6 heteroatoms. The highest BCUT2D eigenvalue weighted by atomic mass is 35.5. The molecule has 1 unspecified atom stereocenters. The van der Waals surface area contributed by atoms with Crippen molar-refractivity contribution in [2.24, 2.45) is 0 Å². The van der Waals surface area contributed by atoms with Gasteiger partial charge in [0.1, 0.15) is 11.8 Å². The van der Waals surface area contributed by atoms with E-state index in [2.05, 4.69) is 5.32 Å². The molecular weight excluding hydrogens is 328 g/mol. The van der Waals surface area contributed by atoms with Crippen LogP contribution in [0.4, 0.5) is 0 Å². The largest absolute Gasteiger partial charge is 0.497 e. The Morgan fingerprint density at radius 2 is 2.00 bits per heavy atom. The van der Waals surface area contributed by atoms with Crippen molar-refractivity contribution in [1.82, 2.24) is 10.2 Å². The minimum Gasteiger partial charge on any atom is -0.497 e. The average molecular weight is 345 g/mol. The van der Waals surface area contributed by atoms with Crippen LogP contribution >= 0.6 is 11.6 Å². The van der Waals surface area contributed by atoms with Gasteiger partial charge >= 0.3 is 0 Å². The number of methoxy groups -OCH3 is 1. The van der Waals surface area contributed by atoms with Gasteiger partial charge in [-0.2, -0.15) is 0 Å². The number of halogens is 1. The third-order valence-corrected chi connectivity index (χ3v) is 4.21. The van der Waals surface area contributed by atoms with E-state index in [0.717, 1.165) is 0 Å². The van der Waals surface area contributed by atoms with Crippen molar-refractivity contribution in [3.63, 3.8) is 0 Å². The zero-order valence-corrected chi connectivity index (χ0v) is 13.9. The van der Waals surface area contributed by atoms with Crippen LogP contribution in [0.3, 0.4) is 0 Å². The molecule has 1 atom stereocenters. The fourth-order valence-corrected chi connectivity index (χ4v) is 2.99. The van der Waals surface area contributed by atoms with Crippen LogP contribution in [0.2, 0.25) is 5.02 Å². The van der Waals surface area contributed by atoms with Gasteiger partial charge in [-0.3, -0.25) is 9.59 Å². The topological polar surface area (TPSA) is 58.6 Å². The van der Waals surface area contributed by atoms with Crippen LogP contribution in [0.15, 0.2) is 48.5 Å². The predicted molar refractivity (Wildman–Crippen MR) is 91.2 cm³/mol. The number of rotatable bonds is 3. The summed E-state index contributed by atoms with van der Waals surface area (Å²) in [6.45, 7) is 0.867. The normalized spacial score (nSPS) is 17.3. The van der Waals surface area contributed by atoms with Gasteiger partial charge in [0, 0.05) is 23.7 Å². The highest BCUT2D eigenvalue weighted by Crippen LogP contribution is 2.27. The van der Waals surface area contributed by atoms with E-state index < -0.39 is 6.04 Å². The first-order valence-corrected chi connectivity index (χ1v) is 7.96. The second-order valence-corrected chi connectivity index (χ2v) is 5.91. The van der Waals surface area contributed by atoms with Gasteiger partial charge in [-0.15, -0.1) is 0 Å². The smallest absolute Gasteiger partial charge is 0.254 e. The number of hydrogen-bond donors (Lipinski definition) is 1. The van der Waals surface area contributed by atoms with Crippen molar-refractivity contribution in [3.8, 4) is 5.75 Å². The summed E-state index contributed by atoms with van der Waals surface area (Å²) in [5.41, 5.74) is 1.21. The summed E-state index contributed by atoms with van der Waals surface area (Å²) >= 11 is 6.04. The molecule has 1 aliphatic heterocycles. The van der Waals surface area contributed by atoms with Gasteiger partial charge in [0.25, 0.3) is 5.91 Å². The number of hydrogen-bond acceptors (Lipinski definition) is 3. The first kappa shape index (κ1) is 16.3. The Balaban J connectivity index is 1.93. The van der Waals surface area contributed by atoms with Crippen molar-refractivity contribution in [3.05, 3.63) is 64.7 Å². The summed E-state index contributed by atoms with van der Waals surface area (Å²) in [5, 5.41) is 3.34. The molecule has 0 bridgehead atoms. The molecule has 1 fully saturated rings. The standard InChI is InChI=1S/C18H17ClN2O3/c1-24-15-7-5-12(6-8-15)18(23)21-10-9-20-17(22)16(21)13-3-2-4-14(19)11-13/h2-8,11,16H,9-10H2,1H3,(H,20,22). The number of nitrogens with one attached hydrogen (secondary N) is 1. The number of carbonyl (C=O) groups is 2. The van der Waals surface area contributed by atoms with Gasteiger partial charge in [0.05, 0.1) is 7.11 Å². The molecule has 3 rings (SSSR count). The van der Waals surface area contributed by atoms with E-state index in [0.29, 0.717) is 35.0 Å². The molecule has 0 saturated carbocycles. The number of ether oxygens (including phenoxy) is 1. The van der Waals surface area contributed by atoms with Crippen LogP contribution in [0.1, 0.15) is 22.0 Å². The van der Waals surface area contributed by atoms with Crippen molar-refractivity contribution < 1.29 is 14.3 Å². The molecule has 0 radical (unpaired) electrons. The number of amides is 2. The minimum atomic E-state index is -0.688. The summed E-state index contributed by atoms with van der Waals surface area (Å²) in [4.78, 5) is 26.8.